The molecular weight excluding hydrogens is 561 g/mol. The van der Waals surface area contributed by atoms with Gasteiger partial charge in [-0.05, 0) is 72.6 Å². The Bertz CT molecular complexity index is 2480. The molecule has 0 fully saturated rings. The molecule has 0 saturated carbocycles. The van der Waals surface area contributed by atoms with Gasteiger partial charge in [-0.2, -0.15) is 0 Å². The van der Waals surface area contributed by atoms with Gasteiger partial charge in [0.2, 0.25) is 0 Å². The van der Waals surface area contributed by atoms with Crippen LogP contribution in [0.15, 0.2) is 170 Å². The van der Waals surface area contributed by atoms with Crippen LogP contribution < -0.4 is 0 Å². The monoisotopic (exact) mass is 588 g/mol. The van der Waals surface area contributed by atoms with Crippen molar-refractivity contribution >= 4 is 53.1 Å². The van der Waals surface area contributed by atoms with Gasteiger partial charge in [-0.1, -0.05) is 158 Å². The van der Waals surface area contributed by atoms with Crippen LogP contribution in [-0.4, -0.2) is 0 Å². The van der Waals surface area contributed by atoms with Gasteiger partial charge in [-0.25, -0.2) is 0 Å². The first-order chi connectivity index (χ1) is 22.3. The van der Waals surface area contributed by atoms with Crippen LogP contribution in [0.1, 0.15) is 0 Å². The zero-order valence-corrected chi connectivity index (χ0v) is 25.4. The maximum Gasteiger partial charge on any atom is 0.0434 e. The average Bonchev–Trinajstić information content (AvgIpc) is 3.50. The first-order valence-corrected chi connectivity index (χ1v) is 16.3. The van der Waals surface area contributed by atoms with Crippen LogP contribution in [0.2, 0.25) is 0 Å². The van der Waals surface area contributed by atoms with Crippen molar-refractivity contribution in [3.63, 3.8) is 0 Å². The lowest BCUT2D eigenvalue weighted by Crippen LogP contribution is -1.93. The van der Waals surface area contributed by atoms with Gasteiger partial charge >= 0.3 is 0 Å². The Hall–Kier alpha value is -5.50. The van der Waals surface area contributed by atoms with E-state index >= 15 is 0 Å². The van der Waals surface area contributed by atoms with Crippen LogP contribution in [0.4, 0.5) is 0 Å². The molecule has 8 aromatic carbocycles. The van der Waals surface area contributed by atoms with Crippen molar-refractivity contribution in [3.05, 3.63) is 170 Å². The topological polar surface area (TPSA) is 0 Å². The van der Waals surface area contributed by atoms with E-state index in [-0.39, 0.29) is 0 Å². The first-order valence-electron chi connectivity index (χ1n) is 15.4. The molecule has 0 N–H and O–H groups in total. The van der Waals surface area contributed by atoms with Crippen molar-refractivity contribution in [2.45, 2.75) is 0 Å². The number of thiophene rings is 1. The van der Waals surface area contributed by atoms with E-state index in [2.05, 4.69) is 170 Å². The lowest BCUT2D eigenvalue weighted by Gasteiger charge is -2.20. The van der Waals surface area contributed by atoms with E-state index < -0.39 is 0 Å². The highest BCUT2D eigenvalue weighted by Gasteiger charge is 2.20. The van der Waals surface area contributed by atoms with Crippen LogP contribution in [0.5, 0.6) is 0 Å². The molecule has 0 radical (unpaired) electrons. The molecule has 0 aliphatic heterocycles. The zero-order valence-electron chi connectivity index (χ0n) is 24.6. The standard InChI is InChI=1S/C44H28S/c1-2-14-29(15-3-1)30-16-12-17-31(28-30)42-35-21-6-8-23-37(35)43(38-24-9-7-22-36(38)42)34-20-5-4-18-32(34)39-25-13-26-40-33-19-10-11-27-41(33)45-44(39)40/h1-28H. The molecule has 0 aliphatic rings. The van der Waals surface area contributed by atoms with Crippen molar-refractivity contribution in [1.29, 1.82) is 0 Å². The van der Waals surface area contributed by atoms with Gasteiger partial charge in [0, 0.05) is 25.7 Å². The molecule has 1 aromatic heterocycles. The van der Waals surface area contributed by atoms with Gasteiger partial charge in [0.25, 0.3) is 0 Å². The molecule has 0 unspecified atom stereocenters. The summed E-state index contributed by atoms with van der Waals surface area (Å²) in [5, 5.41) is 7.73. The summed E-state index contributed by atoms with van der Waals surface area (Å²) in [5.41, 5.74) is 10.1. The first kappa shape index (κ1) is 25.9. The molecule has 0 amide bonds. The van der Waals surface area contributed by atoms with Crippen LogP contribution >= 0.6 is 11.3 Å². The molecule has 9 aromatic rings. The predicted molar refractivity (Wildman–Crippen MR) is 196 cm³/mol. The van der Waals surface area contributed by atoms with Crippen molar-refractivity contribution in [2.75, 3.05) is 0 Å². The van der Waals surface area contributed by atoms with E-state index in [0.717, 1.165) is 0 Å². The van der Waals surface area contributed by atoms with Crippen molar-refractivity contribution in [1.82, 2.24) is 0 Å². The number of hydrogen-bond acceptors (Lipinski definition) is 1. The van der Waals surface area contributed by atoms with E-state index in [0.29, 0.717) is 0 Å². The van der Waals surface area contributed by atoms with Gasteiger partial charge in [-0.15, -0.1) is 11.3 Å². The summed E-state index contributed by atoms with van der Waals surface area (Å²) in [6, 6.07) is 62.1. The number of hydrogen-bond donors (Lipinski definition) is 0. The highest BCUT2D eigenvalue weighted by atomic mass is 32.1. The Balaban J connectivity index is 1.34. The number of rotatable bonds is 4. The molecule has 210 valence electrons. The minimum absolute atomic E-state index is 1.23. The fraction of sp³-hybridized carbons (Fsp3) is 0. The Morgan fingerprint density at radius 3 is 1.51 bits per heavy atom. The SMILES string of the molecule is c1ccc(-c2cccc(-c3c4ccccc4c(-c4ccccc4-c4cccc5c4sc4ccccc45)c4ccccc34)c2)cc1. The maximum atomic E-state index is 2.35. The quantitative estimate of drug-likeness (QED) is 0.179. The minimum Gasteiger partial charge on any atom is -0.135 e. The summed E-state index contributed by atoms with van der Waals surface area (Å²) in [7, 11) is 0. The zero-order chi connectivity index (χ0) is 29.7. The summed E-state index contributed by atoms with van der Waals surface area (Å²) >= 11 is 1.89. The Morgan fingerprint density at radius 1 is 0.289 bits per heavy atom. The molecule has 1 heterocycles. The van der Waals surface area contributed by atoms with Gasteiger partial charge < -0.3 is 0 Å². The third-order valence-corrected chi connectivity index (χ3v) is 10.3. The minimum atomic E-state index is 1.23. The number of fused-ring (bicyclic) bond motifs is 5. The highest BCUT2D eigenvalue weighted by Crippen LogP contribution is 2.48. The van der Waals surface area contributed by atoms with Crippen LogP contribution in [0, 0.1) is 0 Å². The maximum absolute atomic E-state index is 2.35. The second-order valence-electron chi connectivity index (χ2n) is 11.6. The smallest absolute Gasteiger partial charge is 0.0434 e. The van der Waals surface area contributed by atoms with Crippen molar-refractivity contribution in [2.24, 2.45) is 0 Å². The summed E-state index contributed by atoms with van der Waals surface area (Å²) in [5.74, 6) is 0. The molecule has 0 saturated heterocycles. The second-order valence-corrected chi connectivity index (χ2v) is 12.7. The molecule has 0 atom stereocenters. The second kappa shape index (κ2) is 10.6. The molecule has 45 heavy (non-hydrogen) atoms. The van der Waals surface area contributed by atoms with Crippen molar-refractivity contribution < 1.29 is 0 Å². The molecule has 1 heteroatoms. The largest absolute Gasteiger partial charge is 0.135 e. The molecule has 0 spiro atoms. The van der Waals surface area contributed by atoms with Gasteiger partial charge in [0.15, 0.2) is 0 Å². The predicted octanol–water partition coefficient (Wildman–Crippen LogP) is 13.0. The van der Waals surface area contributed by atoms with Gasteiger partial charge in [0.1, 0.15) is 0 Å². The molecule has 0 bridgehead atoms. The molecule has 0 aliphatic carbocycles. The lowest BCUT2D eigenvalue weighted by atomic mass is 9.83. The van der Waals surface area contributed by atoms with Crippen molar-refractivity contribution in [3.8, 4) is 44.5 Å². The summed E-state index contributed by atoms with van der Waals surface area (Å²) in [6.07, 6.45) is 0. The third kappa shape index (κ3) is 4.20. The summed E-state index contributed by atoms with van der Waals surface area (Å²) < 4.78 is 2.67. The fourth-order valence-electron chi connectivity index (χ4n) is 7.11. The summed E-state index contributed by atoms with van der Waals surface area (Å²) in [6.45, 7) is 0. The highest BCUT2D eigenvalue weighted by molar-refractivity contribution is 7.26. The Morgan fingerprint density at radius 2 is 0.778 bits per heavy atom. The Kier molecular flexibility index (Phi) is 6.11. The third-order valence-electron chi connectivity index (χ3n) is 9.08. The van der Waals surface area contributed by atoms with E-state index in [1.165, 1.54) is 86.2 Å². The molecule has 0 nitrogen and oxygen atoms in total. The molecule has 9 rings (SSSR count). The lowest BCUT2D eigenvalue weighted by molar-refractivity contribution is 1.61. The van der Waals surface area contributed by atoms with Crippen LogP contribution in [-0.2, 0) is 0 Å². The average molecular weight is 589 g/mol. The Labute approximate surface area is 266 Å². The number of benzene rings is 8. The normalized spacial score (nSPS) is 11.6. The van der Waals surface area contributed by atoms with Gasteiger partial charge in [0.05, 0.1) is 0 Å². The van der Waals surface area contributed by atoms with E-state index in [4.69, 9.17) is 0 Å². The van der Waals surface area contributed by atoms with E-state index in [1.54, 1.807) is 0 Å². The van der Waals surface area contributed by atoms with Crippen LogP contribution in [0.25, 0.3) is 86.2 Å². The van der Waals surface area contributed by atoms with E-state index in [1.807, 2.05) is 11.3 Å². The van der Waals surface area contributed by atoms with Crippen LogP contribution in [0.3, 0.4) is 0 Å². The summed E-state index contributed by atoms with van der Waals surface area (Å²) in [4.78, 5) is 0. The molecular formula is C44H28S. The van der Waals surface area contributed by atoms with E-state index in [9.17, 15) is 0 Å². The van der Waals surface area contributed by atoms with Gasteiger partial charge in [-0.3, -0.25) is 0 Å². The fourth-order valence-corrected chi connectivity index (χ4v) is 8.34.